The molecule has 0 atom stereocenters. The third-order valence-corrected chi connectivity index (χ3v) is 3.52. The van der Waals surface area contributed by atoms with Gasteiger partial charge in [-0.15, -0.1) is 0 Å². The molecule has 0 saturated carbocycles. The molecule has 0 aliphatic heterocycles. The highest BCUT2D eigenvalue weighted by atomic mass is 35.5. The first-order valence-corrected chi connectivity index (χ1v) is 6.82. The standard InChI is InChI=1S/C14H10Cl2N2O4/c1-8-3-2-4-12(18(20)21)13(8)17-14(19)22-9-5-6-10(15)11(16)7-9/h2-7H,1H3,(H,17,19). The van der Waals surface area contributed by atoms with Gasteiger partial charge in [0.1, 0.15) is 11.4 Å². The second-order valence-electron chi connectivity index (χ2n) is 4.32. The Kier molecular flexibility index (Phi) is 4.85. The van der Waals surface area contributed by atoms with Crippen LogP contribution in [0.4, 0.5) is 16.2 Å². The van der Waals surface area contributed by atoms with Crippen molar-refractivity contribution >= 4 is 40.7 Å². The van der Waals surface area contributed by atoms with Gasteiger partial charge in [0.2, 0.25) is 0 Å². The molecule has 8 heteroatoms. The molecule has 2 aromatic carbocycles. The molecule has 0 bridgehead atoms. The molecule has 0 spiro atoms. The number of rotatable bonds is 3. The molecule has 22 heavy (non-hydrogen) atoms. The maximum absolute atomic E-state index is 11.9. The Morgan fingerprint density at radius 3 is 2.59 bits per heavy atom. The van der Waals surface area contributed by atoms with Crippen molar-refractivity contribution in [1.29, 1.82) is 0 Å². The van der Waals surface area contributed by atoms with Gasteiger partial charge in [0, 0.05) is 12.1 Å². The molecule has 1 N–H and O–H groups in total. The van der Waals surface area contributed by atoms with Crippen molar-refractivity contribution < 1.29 is 14.5 Å². The monoisotopic (exact) mass is 340 g/mol. The smallest absolute Gasteiger partial charge is 0.410 e. The topological polar surface area (TPSA) is 81.5 Å². The number of benzene rings is 2. The summed E-state index contributed by atoms with van der Waals surface area (Å²) in [6.07, 6.45) is -0.865. The predicted octanol–water partition coefficient (Wildman–Crippen LogP) is 4.82. The maximum Gasteiger partial charge on any atom is 0.417 e. The van der Waals surface area contributed by atoms with E-state index in [0.29, 0.717) is 10.6 Å². The lowest BCUT2D eigenvalue weighted by Gasteiger charge is -2.09. The quantitative estimate of drug-likeness (QED) is 0.641. The number of nitrogens with one attached hydrogen (secondary N) is 1. The van der Waals surface area contributed by atoms with Gasteiger partial charge in [0.05, 0.1) is 15.0 Å². The number of nitro groups is 1. The van der Waals surface area contributed by atoms with Gasteiger partial charge in [-0.1, -0.05) is 35.3 Å². The predicted molar refractivity (Wildman–Crippen MR) is 83.9 cm³/mol. The normalized spacial score (nSPS) is 10.1. The van der Waals surface area contributed by atoms with Crippen LogP contribution in [0.15, 0.2) is 36.4 Å². The highest BCUT2D eigenvalue weighted by molar-refractivity contribution is 6.42. The van der Waals surface area contributed by atoms with Crippen molar-refractivity contribution in [3.8, 4) is 5.75 Å². The van der Waals surface area contributed by atoms with Crippen molar-refractivity contribution in [2.45, 2.75) is 6.92 Å². The van der Waals surface area contributed by atoms with Crippen LogP contribution in [0.5, 0.6) is 5.75 Å². The van der Waals surface area contributed by atoms with Crippen LogP contribution < -0.4 is 10.1 Å². The summed E-state index contributed by atoms with van der Waals surface area (Å²) in [5, 5.41) is 13.9. The molecule has 1 amide bonds. The summed E-state index contributed by atoms with van der Waals surface area (Å²) in [4.78, 5) is 22.3. The van der Waals surface area contributed by atoms with E-state index in [1.54, 1.807) is 13.0 Å². The summed E-state index contributed by atoms with van der Waals surface area (Å²) in [6, 6.07) is 8.77. The van der Waals surface area contributed by atoms with E-state index in [1.165, 1.54) is 30.3 Å². The Labute approximate surface area is 135 Å². The van der Waals surface area contributed by atoms with E-state index in [0.717, 1.165) is 0 Å². The summed E-state index contributed by atoms with van der Waals surface area (Å²) < 4.78 is 5.03. The van der Waals surface area contributed by atoms with Crippen LogP contribution in [0.1, 0.15) is 5.56 Å². The van der Waals surface area contributed by atoms with Crippen LogP contribution in [-0.2, 0) is 0 Å². The van der Waals surface area contributed by atoms with Crippen molar-refractivity contribution in [3.05, 3.63) is 62.1 Å². The van der Waals surface area contributed by atoms with Gasteiger partial charge < -0.3 is 4.74 Å². The Bertz CT molecular complexity index is 750. The van der Waals surface area contributed by atoms with Crippen LogP contribution in [0, 0.1) is 17.0 Å². The van der Waals surface area contributed by atoms with Crippen LogP contribution in [0.25, 0.3) is 0 Å². The van der Waals surface area contributed by atoms with E-state index >= 15 is 0 Å². The zero-order valence-electron chi connectivity index (χ0n) is 11.3. The Hall–Kier alpha value is -2.31. The van der Waals surface area contributed by atoms with Crippen LogP contribution >= 0.6 is 23.2 Å². The lowest BCUT2D eigenvalue weighted by atomic mass is 10.1. The molecule has 0 fully saturated rings. The number of para-hydroxylation sites is 1. The average Bonchev–Trinajstić information content (AvgIpc) is 2.45. The van der Waals surface area contributed by atoms with Gasteiger partial charge in [0.15, 0.2) is 0 Å². The summed E-state index contributed by atoms with van der Waals surface area (Å²) in [7, 11) is 0. The van der Waals surface area contributed by atoms with Crippen molar-refractivity contribution in [1.82, 2.24) is 0 Å². The number of aryl methyl sites for hydroxylation is 1. The number of anilines is 1. The van der Waals surface area contributed by atoms with E-state index in [1.807, 2.05) is 0 Å². The number of carbonyl (C=O) groups excluding carboxylic acids is 1. The number of nitrogens with zero attached hydrogens (tertiary/aromatic N) is 1. The second kappa shape index (κ2) is 6.64. The van der Waals surface area contributed by atoms with Gasteiger partial charge in [-0.3, -0.25) is 15.4 Å². The molecule has 0 saturated heterocycles. The zero-order chi connectivity index (χ0) is 16.3. The fraction of sp³-hybridized carbons (Fsp3) is 0.0714. The fourth-order valence-corrected chi connectivity index (χ4v) is 2.03. The van der Waals surface area contributed by atoms with E-state index in [-0.39, 0.29) is 22.1 Å². The highest BCUT2D eigenvalue weighted by Gasteiger charge is 2.18. The Morgan fingerprint density at radius 1 is 1.23 bits per heavy atom. The van der Waals surface area contributed by atoms with Crippen molar-refractivity contribution in [2.24, 2.45) is 0 Å². The highest BCUT2D eigenvalue weighted by Crippen LogP contribution is 2.29. The van der Waals surface area contributed by atoms with Gasteiger partial charge in [0.25, 0.3) is 5.69 Å². The lowest BCUT2D eigenvalue weighted by molar-refractivity contribution is -0.384. The molecule has 0 heterocycles. The van der Waals surface area contributed by atoms with Crippen molar-refractivity contribution in [3.63, 3.8) is 0 Å². The number of hydrogen-bond acceptors (Lipinski definition) is 4. The third kappa shape index (κ3) is 3.66. The lowest BCUT2D eigenvalue weighted by Crippen LogP contribution is -2.18. The van der Waals surface area contributed by atoms with Gasteiger partial charge in [-0.05, 0) is 24.6 Å². The number of carbonyl (C=O) groups is 1. The van der Waals surface area contributed by atoms with Gasteiger partial charge in [-0.25, -0.2) is 4.79 Å². The first kappa shape index (κ1) is 16.1. The summed E-state index contributed by atoms with van der Waals surface area (Å²) in [5.74, 6) is 0.170. The molecule has 2 aromatic rings. The molecule has 0 radical (unpaired) electrons. The minimum Gasteiger partial charge on any atom is -0.410 e. The number of ether oxygens (including phenoxy) is 1. The molecule has 2 rings (SSSR count). The van der Waals surface area contributed by atoms with E-state index in [9.17, 15) is 14.9 Å². The molecule has 114 valence electrons. The largest absolute Gasteiger partial charge is 0.417 e. The number of nitro benzene ring substituents is 1. The average molecular weight is 341 g/mol. The molecule has 0 unspecified atom stereocenters. The first-order chi connectivity index (χ1) is 10.4. The second-order valence-corrected chi connectivity index (χ2v) is 5.13. The number of amides is 1. The molecule has 0 aliphatic rings. The summed E-state index contributed by atoms with van der Waals surface area (Å²) in [5.41, 5.74) is 0.406. The Morgan fingerprint density at radius 2 is 1.95 bits per heavy atom. The van der Waals surface area contributed by atoms with Crippen LogP contribution in [-0.4, -0.2) is 11.0 Å². The summed E-state index contributed by atoms with van der Waals surface area (Å²) in [6.45, 7) is 1.64. The van der Waals surface area contributed by atoms with Crippen molar-refractivity contribution in [2.75, 3.05) is 5.32 Å². The first-order valence-electron chi connectivity index (χ1n) is 6.06. The van der Waals surface area contributed by atoms with E-state index < -0.39 is 11.0 Å². The van der Waals surface area contributed by atoms with Crippen LogP contribution in [0.2, 0.25) is 10.0 Å². The SMILES string of the molecule is Cc1cccc([N+](=O)[O-])c1NC(=O)Oc1ccc(Cl)c(Cl)c1. The van der Waals surface area contributed by atoms with E-state index in [2.05, 4.69) is 5.32 Å². The number of halogens is 2. The molecule has 0 aromatic heterocycles. The number of hydrogen-bond donors (Lipinski definition) is 1. The van der Waals surface area contributed by atoms with Crippen LogP contribution in [0.3, 0.4) is 0 Å². The fourth-order valence-electron chi connectivity index (χ4n) is 1.74. The van der Waals surface area contributed by atoms with Gasteiger partial charge in [-0.2, -0.15) is 0 Å². The maximum atomic E-state index is 11.9. The molecular formula is C14H10Cl2N2O4. The minimum atomic E-state index is -0.865. The Balaban J connectivity index is 2.19. The molecule has 6 nitrogen and oxygen atoms in total. The van der Waals surface area contributed by atoms with E-state index in [4.69, 9.17) is 27.9 Å². The van der Waals surface area contributed by atoms with Gasteiger partial charge >= 0.3 is 6.09 Å². The molecule has 0 aliphatic carbocycles. The minimum absolute atomic E-state index is 0.0811. The zero-order valence-corrected chi connectivity index (χ0v) is 12.8. The summed E-state index contributed by atoms with van der Waals surface area (Å²) >= 11 is 11.6. The molecular weight excluding hydrogens is 331 g/mol. The third-order valence-electron chi connectivity index (χ3n) is 2.78.